The molecule has 2 aromatic carbocycles. The molecule has 0 spiro atoms. The van der Waals surface area contributed by atoms with E-state index < -0.39 is 19.7 Å². The van der Waals surface area contributed by atoms with Gasteiger partial charge in [-0.05, 0) is 0 Å². The van der Waals surface area contributed by atoms with Crippen molar-refractivity contribution in [3.63, 3.8) is 0 Å². The zero-order chi connectivity index (χ0) is 23.2. The molecule has 0 aliphatic rings. The fourth-order valence-corrected chi connectivity index (χ4v) is 12.8. The summed E-state index contributed by atoms with van der Waals surface area (Å²) in [6.07, 6.45) is 15.0. The van der Waals surface area contributed by atoms with Gasteiger partial charge in [0.05, 0.1) is 0 Å². The molecule has 2 heteroatoms. The fraction of sp³-hybridized carbons (Fsp3) is 0.600. The van der Waals surface area contributed by atoms with E-state index in [1.54, 1.807) is 0 Å². The third-order valence-corrected chi connectivity index (χ3v) is 14.4. The summed E-state index contributed by atoms with van der Waals surface area (Å²) in [6.45, 7) is 8.96. The Labute approximate surface area is 205 Å². The zero-order valence-corrected chi connectivity index (χ0v) is 24.0. The van der Waals surface area contributed by atoms with Crippen LogP contribution in [0.1, 0.15) is 121 Å². The number of benzene rings is 2. The molecule has 0 aromatic heterocycles. The predicted octanol–water partition coefficient (Wildman–Crippen LogP) is 9.39. The first-order chi connectivity index (χ1) is 15.6. The van der Waals surface area contributed by atoms with Crippen molar-refractivity contribution >= 4 is 19.7 Å². The first-order valence-corrected chi connectivity index (χ1v) is 17.7. The molecule has 176 valence electrons. The van der Waals surface area contributed by atoms with E-state index >= 15 is 0 Å². The summed E-state index contributed by atoms with van der Waals surface area (Å²) in [4.78, 5) is 0. The quantitative estimate of drug-likeness (QED) is 0.153. The Hall–Kier alpha value is -0.961. The molecule has 2 atom stereocenters. The van der Waals surface area contributed by atoms with Crippen molar-refractivity contribution in [2.45, 2.75) is 113 Å². The van der Waals surface area contributed by atoms with Gasteiger partial charge < -0.3 is 0 Å². The van der Waals surface area contributed by atoms with Gasteiger partial charge in [0.25, 0.3) is 0 Å². The minimum absolute atomic E-state index is 0.292. The second kappa shape index (κ2) is 15.8. The Morgan fingerprint density at radius 3 is 1.34 bits per heavy atom. The molecule has 0 saturated heterocycles. The van der Waals surface area contributed by atoms with E-state index in [-0.39, 0.29) is 0 Å². The Morgan fingerprint density at radius 2 is 0.969 bits per heavy atom. The molecule has 2 unspecified atom stereocenters. The van der Waals surface area contributed by atoms with Crippen LogP contribution in [0.3, 0.4) is 0 Å². The first kappa shape index (κ1) is 27.3. The number of aryl methyl sites for hydroxylation is 2. The van der Waals surface area contributed by atoms with Gasteiger partial charge in [-0.1, -0.05) is 0 Å². The molecule has 2 aromatic rings. The van der Waals surface area contributed by atoms with Crippen LogP contribution in [0.25, 0.3) is 0 Å². The van der Waals surface area contributed by atoms with Gasteiger partial charge in [0.2, 0.25) is 0 Å². The molecule has 1 nitrogen and oxygen atoms in total. The van der Waals surface area contributed by atoms with Crippen LogP contribution < -0.4 is 0 Å². The van der Waals surface area contributed by atoms with Crippen molar-refractivity contribution in [2.24, 2.45) is 0 Å². The van der Waals surface area contributed by atoms with Crippen LogP contribution in [0.15, 0.2) is 48.5 Å². The van der Waals surface area contributed by atoms with Crippen molar-refractivity contribution in [3.8, 4) is 0 Å². The van der Waals surface area contributed by atoms with Gasteiger partial charge in [-0.25, -0.2) is 0 Å². The van der Waals surface area contributed by atoms with Crippen LogP contribution in [-0.2, 0) is 3.08 Å². The fourth-order valence-electron chi connectivity index (χ4n) is 5.00. The first-order valence-electron chi connectivity index (χ1n) is 13.2. The number of hydrogen-bond donors (Lipinski definition) is 0. The maximum absolute atomic E-state index is 14.5. The molecule has 0 N–H and O–H groups in total. The van der Waals surface area contributed by atoms with Gasteiger partial charge in [-0.2, -0.15) is 0 Å². The molecule has 0 radical (unpaired) electrons. The Bertz CT molecular complexity index is 731. The van der Waals surface area contributed by atoms with Crippen LogP contribution in [0, 0.1) is 13.8 Å². The van der Waals surface area contributed by atoms with E-state index in [0.29, 0.717) is 7.87 Å². The maximum atomic E-state index is 14.5. The van der Waals surface area contributed by atoms with E-state index in [0.717, 1.165) is 12.8 Å². The predicted molar refractivity (Wildman–Crippen MR) is 141 cm³/mol. The van der Waals surface area contributed by atoms with E-state index in [1.807, 2.05) is 0 Å². The molecule has 0 aliphatic heterocycles. The van der Waals surface area contributed by atoms with Crippen molar-refractivity contribution in [1.29, 1.82) is 0 Å². The molecular weight excluding hydrogens is 495 g/mol. The van der Waals surface area contributed by atoms with Gasteiger partial charge in [0.15, 0.2) is 0 Å². The van der Waals surface area contributed by atoms with Crippen molar-refractivity contribution in [2.75, 3.05) is 0 Å². The summed E-state index contributed by atoms with van der Waals surface area (Å²) in [5.41, 5.74) is 5.40. The molecule has 0 aliphatic carbocycles. The van der Waals surface area contributed by atoms with Gasteiger partial charge in [-0.15, -0.1) is 0 Å². The van der Waals surface area contributed by atoms with E-state index in [2.05, 4.69) is 76.2 Å². The Kier molecular flexibility index (Phi) is 13.5. The monoisotopic (exact) mass is 542 g/mol. The van der Waals surface area contributed by atoms with Crippen molar-refractivity contribution in [1.82, 2.24) is 0 Å². The topological polar surface area (TPSA) is 17.1 Å². The standard InChI is InChI=1S/2C15H23.O.Sn/c2*1-3-4-5-6-7-8-12-15-13-10-9-11-14(15)2;;/h2*9-13H,3-8H2,1-2H3;;. The number of unbranched alkanes of at least 4 members (excludes halogenated alkanes) is 8. The van der Waals surface area contributed by atoms with Crippen LogP contribution in [-0.4, -0.2) is 19.7 Å². The number of hydrogen-bond acceptors (Lipinski definition) is 1. The van der Waals surface area contributed by atoms with Crippen LogP contribution in [0.4, 0.5) is 0 Å². The van der Waals surface area contributed by atoms with Gasteiger partial charge >= 0.3 is 206 Å². The summed E-state index contributed by atoms with van der Waals surface area (Å²) in [5, 5.41) is 0. The van der Waals surface area contributed by atoms with E-state index in [1.165, 1.54) is 86.5 Å². The SMILES string of the molecule is CCCCCCC[CH](c1ccccc1C)[Sn](=[O])[CH](CCCCCCC)c1ccccc1C. The summed E-state index contributed by atoms with van der Waals surface area (Å²) in [5.74, 6) is 0. The average molecular weight is 541 g/mol. The normalized spacial score (nSPS) is 13.1. The second-order valence-corrected chi connectivity index (χ2v) is 15.9. The minimum atomic E-state index is -3.02. The average Bonchev–Trinajstić information content (AvgIpc) is 2.80. The van der Waals surface area contributed by atoms with Crippen molar-refractivity contribution < 1.29 is 3.08 Å². The summed E-state index contributed by atoms with van der Waals surface area (Å²) in [7, 11) is 0. The molecule has 0 saturated carbocycles. The Balaban J connectivity index is 2.26. The molecule has 0 bridgehead atoms. The van der Waals surface area contributed by atoms with Gasteiger partial charge in [0, 0.05) is 0 Å². The van der Waals surface area contributed by atoms with Crippen LogP contribution in [0.2, 0.25) is 0 Å². The summed E-state index contributed by atoms with van der Waals surface area (Å²) < 4.78 is 15.1. The molecule has 0 amide bonds. The Morgan fingerprint density at radius 1 is 0.594 bits per heavy atom. The second-order valence-electron chi connectivity index (χ2n) is 9.63. The van der Waals surface area contributed by atoms with Gasteiger partial charge in [-0.3, -0.25) is 0 Å². The van der Waals surface area contributed by atoms with E-state index in [9.17, 15) is 3.08 Å². The zero-order valence-electron chi connectivity index (χ0n) is 21.2. The molecule has 0 fully saturated rings. The molecular formula is C30H46OSn. The van der Waals surface area contributed by atoms with Crippen LogP contribution in [0.5, 0.6) is 0 Å². The number of rotatable bonds is 16. The molecule has 0 heterocycles. The summed E-state index contributed by atoms with van der Waals surface area (Å²) in [6, 6.07) is 17.5. The third kappa shape index (κ3) is 8.76. The van der Waals surface area contributed by atoms with E-state index in [4.69, 9.17) is 0 Å². The van der Waals surface area contributed by atoms with Gasteiger partial charge in [0.1, 0.15) is 0 Å². The molecule has 32 heavy (non-hydrogen) atoms. The van der Waals surface area contributed by atoms with Crippen LogP contribution >= 0.6 is 0 Å². The summed E-state index contributed by atoms with van der Waals surface area (Å²) >= 11 is -3.02. The van der Waals surface area contributed by atoms with Crippen molar-refractivity contribution in [3.05, 3.63) is 70.8 Å². The third-order valence-electron chi connectivity index (χ3n) is 7.01. The molecule has 2 rings (SSSR count).